The van der Waals surface area contributed by atoms with E-state index in [1.54, 1.807) is 30.1 Å². The summed E-state index contributed by atoms with van der Waals surface area (Å²) in [5, 5.41) is 0. The Labute approximate surface area is 110 Å². The molecule has 0 fully saturated rings. The molecule has 1 amide bonds. The van der Waals surface area contributed by atoms with Crippen molar-refractivity contribution in [3.05, 3.63) is 34.3 Å². The fourth-order valence-electron chi connectivity index (χ4n) is 1.93. The van der Waals surface area contributed by atoms with Crippen LogP contribution in [0.2, 0.25) is 0 Å². The molecular formula is C13H17N3O3. The zero-order chi connectivity index (χ0) is 14.0. The zero-order valence-electron chi connectivity index (χ0n) is 11.0. The van der Waals surface area contributed by atoms with Crippen LogP contribution < -0.4 is 11.5 Å². The number of carbonyl (C=O) groups is 1. The lowest BCUT2D eigenvalue weighted by atomic mass is 10.1. The zero-order valence-corrected chi connectivity index (χ0v) is 11.0. The average Bonchev–Trinajstić information content (AvgIpc) is 2.76. The third kappa shape index (κ3) is 2.85. The molecule has 0 aliphatic heterocycles. The van der Waals surface area contributed by atoms with E-state index in [1.165, 1.54) is 0 Å². The van der Waals surface area contributed by atoms with Gasteiger partial charge < -0.3 is 15.1 Å². The Morgan fingerprint density at radius 1 is 1.53 bits per heavy atom. The number of oxazole rings is 1. The van der Waals surface area contributed by atoms with Crippen LogP contribution in [0.15, 0.2) is 27.4 Å². The monoisotopic (exact) mass is 263 g/mol. The number of fused-ring (bicyclic) bond motifs is 1. The van der Waals surface area contributed by atoms with E-state index in [1.807, 2.05) is 6.92 Å². The van der Waals surface area contributed by atoms with Crippen LogP contribution in [0.3, 0.4) is 0 Å². The number of amides is 1. The Kier molecular flexibility index (Phi) is 3.71. The van der Waals surface area contributed by atoms with Crippen LogP contribution in [0.25, 0.3) is 11.1 Å². The van der Waals surface area contributed by atoms with Crippen LogP contribution >= 0.6 is 0 Å². The molecule has 2 aromatic rings. The molecule has 0 saturated heterocycles. The molecule has 0 spiro atoms. The molecule has 0 radical (unpaired) electrons. The van der Waals surface area contributed by atoms with E-state index in [0.29, 0.717) is 29.8 Å². The van der Waals surface area contributed by atoms with Crippen LogP contribution in [-0.4, -0.2) is 35.9 Å². The second-order valence-corrected chi connectivity index (χ2v) is 4.75. The van der Waals surface area contributed by atoms with E-state index in [-0.39, 0.29) is 11.8 Å². The van der Waals surface area contributed by atoms with Gasteiger partial charge in [0.15, 0.2) is 5.58 Å². The highest BCUT2D eigenvalue weighted by Gasteiger charge is 2.15. The van der Waals surface area contributed by atoms with Crippen LogP contribution in [0, 0.1) is 5.92 Å². The van der Waals surface area contributed by atoms with E-state index in [4.69, 9.17) is 10.2 Å². The lowest BCUT2D eigenvalue weighted by Crippen LogP contribution is -2.33. The van der Waals surface area contributed by atoms with Crippen LogP contribution in [-0.2, 0) is 0 Å². The highest BCUT2D eigenvalue weighted by atomic mass is 16.4. The van der Waals surface area contributed by atoms with Gasteiger partial charge in [-0.1, -0.05) is 6.92 Å². The minimum absolute atomic E-state index is 0.107. The number of aromatic nitrogens is 1. The van der Waals surface area contributed by atoms with E-state index < -0.39 is 5.76 Å². The predicted molar refractivity (Wildman–Crippen MR) is 72.0 cm³/mol. The average molecular weight is 263 g/mol. The van der Waals surface area contributed by atoms with E-state index >= 15 is 0 Å². The van der Waals surface area contributed by atoms with Gasteiger partial charge in [0.05, 0.1) is 5.52 Å². The summed E-state index contributed by atoms with van der Waals surface area (Å²) in [6, 6.07) is 4.87. The smallest absolute Gasteiger partial charge is 0.408 e. The summed E-state index contributed by atoms with van der Waals surface area (Å²) in [4.78, 5) is 27.4. The topological polar surface area (TPSA) is 92.3 Å². The predicted octanol–water partition coefficient (Wildman–Crippen LogP) is 0.788. The summed E-state index contributed by atoms with van der Waals surface area (Å²) < 4.78 is 4.89. The highest BCUT2D eigenvalue weighted by Crippen LogP contribution is 2.14. The lowest BCUT2D eigenvalue weighted by Gasteiger charge is -2.20. The number of carbonyl (C=O) groups excluding carboxylic acids is 1. The summed E-state index contributed by atoms with van der Waals surface area (Å²) in [5.41, 5.74) is 7.02. The Bertz CT molecular complexity index is 644. The number of rotatable bonds is 4. The molecule has 1 atom stereocenters. The van der Waals surface area contributed by atoms with Gasteiger partial charge in [0.25, 0.3) is 5.91 Å². The molecule has 0 aliphatic rings. The maximum atomic E-state index is 12.2. The standard InChI is InChI=1S/C13H17N3O3/c1-8(6-14)7-16(2)12(17)9-3-4-11-10(5-9)15-13(18)19-11/h3-5,8H,6-7,14H2,1-2H3,(H,15,18). The van der Waals surface area contributed by atoms with Crippen LogP contribution in [0.4, 0.5) is 0 Å². The van der Waals surface area contributed by atoms with Gasteiger partial charge in [-0.15, -0.1) is 0 Å². The molecular weight excluding hydrogens is 246 g/mol. The van der Waals surface area contributed by atoms with E-state index in [2.05, 4.69) is 4.98 Å². The lowest BCUT2D eigenvalue weighted by molar-refractivity contribution is 0.0777. The number of hydrogen-bond donors (Lipinski definition) is 2. The second kappa shape index (κ2) is 5.27. The number of nitrogens with two attached hydrogens (primary N) is 1. The Hall–Kier alpha value is -2.08. The summed E-state index contributed by atoms with van der Waals surface area (Å²) in [5.74, 6) is -0.389. The largest absolute Gasteiger partial charge is 0.417 e. The summed E-state index contributed by atoms with van der Waals surface area (Å²) in [6.45, 7) is 3.11. The highest BCUT2D eigenvalue weighted by molar-refractivity contribution is 5.96. The summed E-state index contributed by atoms with van der Waals surface area (Å²) in [7, 11) is 1.73. The summed E-state index contributed by atoms with van der Waals surface area (Å²) in [6.07, 6.45) is 0. The normalized spacial score (nSPS) is 12.6. The van der Waals surface area contributed by atoms with Crippen molar-refractivity contribution in [3.8, 4) is 0 Å². The number of nitrogens with zero attached hydrogens (tertiary/aromatic N) is 1. The van der Waals surface area contributed by atoms with E-state index in [0.717, 1.165) is 0 Å². The molecule has 6 nitrogen and oxygen atoms in total. The quantitative estimate of drug-likeness (QED) is 0.852. The van der Waals surface area contributed by atoms with Gasteiger partial charge in [-0.05, 0) is 30.7 Å². The molecule has 102 valence electrons. The van der Waals surface area contributed by atoms with Crippen molar-refractivity contribution >= 4 is 17.0 Å². The van der Waals surface area contributed by atoms with Gasteiger partial charge in [-0.2, -0.15) is 0 Å². The first kappa shape index (κ1) is 13.4. The van der Waals surface area contributed by atoms with Gasteiger partial charge in [0.2, 0.25) is 0 Å². The van der Waals surface area contributed by atoms with Crippen molar-refractivity contribution in [3.63, 3.8) is 0 Å². The third-order valence-corrected chi connectivity index (χ3v) is 3.00. The van der Waals surface area contributed by atoms with Gasteiger partial charge >= 0.3 is 5.76 Å². The maximum Gasteiger partial charge on any atom is 0.417 e. The molecule has 6 heteroatoms. The fourth-order valence-corrected chi connectivity index (χ4v) is 1.93. The number of H-pyrrole nitrogens is 1. The summed E-state index contributed by atoms with van der Waals surface area (Å²) >= 11 is 0. The molecule has 1 aromatic carbocycles. The molecule has 1 unspecified atom stereocenters. The first-order valence-corrected chi connectivity index (χ1v) is 6.09. The van der Waals surface area contributed by atoms with Gasteiger partial charge in [0.1, 0.15) is 0 Å². The van der Waals surface area contributed by atoms with Gasteiger partial charge in [-0.3, -0.25) is 9.78 Å². The maximum absolute atomic E-state index is 12.2. The molecule has 0 bridgehead atoms. The number of hydrogen-bond acceptors (Lipinski definition) is 4. The first-order chi connectivity index (χ1) is 9.01. The van der Waals surface area contributed by atoms with Gasteiger partial charge in [0, 0.05) is 19.2 Å². The third-order valence-electron chi connectivity index (χ3n) is 3.00. The molecule has 3 N–H and O–H groups in total. The van der Waals surface area contributed by atoms with Crippen molar-refractivity contribution < 1.29 is 9.21 Å². The minimum atomic E-state index is -0.523. The van der Waals surface area contributed by atoms with Crippen molar-refractivity contribution in [2.75, 3.05) is 20.1 Å². The first-order valence-electron chi connectivity index (χ1n) is 6.09. The molecule has 0 saturated carbocycles. The van der Waals surface area contributed by atoms with Crippen molar-refractivity contribution in [1.29, 1.82) is 0 Å². The van der Waals surface area contributed by atoms with Crippen molar-refractivity contribution in [1.82, 2.24) is 9.88 Å². The Morgan fingerprint density at radius 3 is 2.95 bits per heavy atom. The second-order valence-electron chi connectivity index (χ2n) is 4.75. The Balaban J connectivity index is 2.23. The van der Waals surface area contributed by atoms with Crippen LogP contribution in [0.1, 0.15) is 17.3 Å². The van der Waals surface area contributed by atoms with Crippen molar-refractivity contribution in [2.24, 2.45) is 11.7 Å². The molecule has 0 aliphatic carbocycles. The Morgan fingerprint density at radius 2 is 2.26 bits per heavy atom. The van der Waals surface area contributed by atoms with E-state index in [9.17, 15) is 9.59 Å². The van der Waals surface area contributed by atoms with Crippen LogP contribution in [0.5, 0.6) is 0 Å². The fraction of sp³-hybridized carbons (Fsp3) is 0.385. The molecule has 1 aromatic heterocycles. The molecule has 19 heavy (non-hydrogen) atoms. The van der Waals surface area contributed by atoms with Crippen molar-refractivity contribution in [2.45, 2.75) is 6.92 Å². The molecule has 1 heterocycles. The minimum Gasteiger partial charge on any atom is -0.408 e. The number of benzene rings is 1. The van der Waals surface area contributed by atoms with Gasteiger partial charge in [-0.25, -0.2) is 4.79 Å². The number of aromatic amines is 1. The molecule has 2 rings (SSSR count). The SMILES string of the molecule is CC(CN)CN(C)C(=O)c1ccc2oc(=O)[nH]c2c1. The number of nitrogens with one attached hydrogen (secondary N) is 1.